The molecule has 0 aromatic heterocycles. The Morgan fingerprint density at radius 3 is 2.76 bits per heavy atom. The van der Waals surface area contributed by atoms with Crippen LogP contribution in [0.3, 0.4) is 0 Å². The molecule has 1 aromatic rings. The molecule has 2 aliphatic rings. The molecule has 5 nitrogen and oxygen atoms in total. The van der Waals surface area contributed by atoms with E-state index in [1.54, 1.807) is 12.2 Å². The normalized spacial score (nSPS) is 28.0. The van der Waals surface area contributed by atoms with Gasteiger partial charge >= 0.3 is 6.09 Å². The number of hydrogen-bond donors (Lipinski definition) is 1. The number of ether oxygens (including phenoxy) is 1. The molecule has 2 amide bonds. The van der Waals surface area contributed by atoms with Crippen molar-refractivity contribution in [3.05, 3.63) is 48.0 Å². The first-order chi connectivity index (χ1) is 10.2. The van der Waals surface area contributed by atoms with Gasteiger partial charge in [0.15, 0.2) is 0 Å². The van der Waals surface area contributed by atoms with Gasteiger partial charge in [0.25, 0.3) is 0 Å². The maximum atomic E-state index is 12.5. The average Bonchev–Trinajstić information content (AvgIpc) is 3.06. The zero-order chi connectivity index (χ0) is 14.8. The number of amides is 2. The number of aliphatic hydroxyl groups is 1. The van der Waals surface area contributed by atoms with Crippen LogP contribution in [0.5, 0.6) is 0 Å². The summed E-state index contributed by atoms with van der Waals surface area (Å²) in [4.78, 5) is 25.5. The number of allylic oxidation sites excluding steroid dienone is 1. The summed E-state index contributed by atoms with van der Waals surface area (Å²) in [5.41, 5.74) is 1.05. The van der Waals surface area contributed by atoms with E-state index in [9.17, 15) is 14.7 Å². The first kappa shape index (κ1) is 13.8. The predicted molar refractivity (Wildman–Crippen MR) is 75.4 cm³/mol. The molecule has 0 unspecified atom stereocenters. The SMILES string of the molecule is O=C1OC[C@@H](Cc2ccccc2)N1C(=O)[C@@H]1CC=C[C@@H]1O. The van der Waals surface area contributed by atoms with Crippen molar-refractivity contribution in [1.29, 1.82) is 0 Å². The van der Waals surface area contributed by atoms with Crippen LogP contribution in [0, 0.1) is 5.92 Å². The van der Waals surface area contributed by atoms with E-state index in [2.05, 4.69) is 0 Å². The van der Waals surface area contributed by atoms with Crippen molar-refractivity contribution in [2.75, 3.05) is 6.61 Å². The molecule has 0 saturated carbocycles. The van der Waals surface area contributed by atoms with E-state index in [4.69, 9.17) is 4.74 Å². The maximum absolute atomic E-state index is 12.5. The Morgan fingerprint density at radius 1 is 1.33 bits per heavy atom. The first-order valence-electron chi connectivity index (χ1n) is 7.05. The van der Waals surface area contributed by atoms with Crippen LogP contribution in [0.25, 0.3) is 0 Å². The number of carbonyl (C=O) groups excluding carboxylic acids is 2. The van der Waals surface area contributed by atoms with Gasteiger partial charge in [0.2, 0.25) is 5.91 Å². The van der Waals surface area contributed by atoms with Crippen LogP contribution in [-0.4, -0.2) is 40.8 Å². The minimum Gasteiger partial charge on any atom is -0.447 e. The molecule has 5 heteroatoms. The van der Waals surface area contributed by atoms with Crippen LogP contribution < -0.4 is 0 Å². The summed E-state index contributed by atoms with van der Waals surface area (Å²) in [5.74, 6) is -0.926. The summed E-state index contributed by atoms with van der Waals surface area (Å²) in [6.45, 7) is 0.204. The fourth-order valence-corrected chi connectivity index (χ4v) is 2.83. The maximum Gasteiger partial charge on any atom is 0.416 e. The number of imide groups is 1. The quantitative estimate of drug-likeness (QED) is 0.856. The smallest absolute Gasteiger partial charge is 0.416 e. The molecule has 0 spiro atoms. The number of nitrogens with zero attached hydrogens (tertiary/aromatic N) is 1. The molecule has 1 fully saturated rings. The van der Waals surface area contributed by atoms with Crippen LogP contribution in [0.15, 0.2) is 42.5 Å². The van der Waals surface area contributed by atoms with E-state index in [-0.39, 0.29) is 18.6 Å². The van der Waals surface area contributed by atoms with E-state index in [0.29, 0.717) is 12.8 Å². The summed E-state index contributed by atoms with van der Waals surface area (Å²) in [6.07, 6.45) is 2.95. The highest BCUT2D eigenvalue weighted by Gasteiger charge is 2.42. The van der Waals surface area contributed by atoms with Crippen molar-refractivity contribution >= 4 is 12.0 Å². The van der Waals surface area contributed by atoms with Gasteiger partial charge in [-0.05, 0) is 18.4 Å². The number of cyclic esters (lactones) is 1. The Bertz CT molecular complexity index is 569. The Balaban J connectivity index is 1.75. The molecule has 1 N–H and O–H groups in total. The number of hydrogen-bond acceptors (Lipinski definition) is 4. The second-order valence-electron chi connectivity index (χ2n) is 5.39. The standard InChI is InChI=1S/C16H17NO4/c18-14-8-4-7-13(14)15(19)17-12(10-21-16(17)20)9-11-5-2-1-3-6-11/h1-6,8,12-14,18H,7,9-10H2/t12-,13-,14+/m1/s1. The van der Waals surface area contributed by atoms with E-state index < -0.39 is 18.1 Å². The van der Waals surface area contributed by atoms with Crippen molar-refractivity contribution in [2.24, 2.45) is 5.92 Å². The topological polar surface area (TPSA) is 66.8 Å². The lowest BCUT2D eigenvalue weighted by Crippen LogP contribution is -2.45. The third-order valence-corrected chi connectivity index (χ3v) is 3.97. The van der Waals surface area contributed by atoms with E-state index >= 15 is 0 Å². The highest BCUT2D eigenvalue weighted by atomic mass is 16.6. The number of rotatable bonds is 3. The summed E-state index contributed by atoms with van der Waals surface area (Å²) in [7, 11) is 0. The molecule has 110 valence electrons. The van der Waals surface area contributed by atoms with E-state index in [1.165, 1.54) is 4.90 Å². The molecule has 1 aliphatic heterocycles. The summed E-state index contributed by atoms with van der Waals surface area (Å²) < 4.78 is 5.03. The first-order valence-corrected chi connectivity index (χ1v) is 7.05. The van der Waals surface area contributed by atoms with Gasteiger partial charge in [0.1, 0.15) is 6.61 Å². The van der Waals surface area contributed by atoms with Crippen LogP contribution >= 0.6 is 0 Å². The molecule has 1 saturated heterocycles. The lowest BCUT2D eigenvalue weighted by Gasteiger charge is -2.24. The number of aliphatic hydroxyl groups excluding tert-OH is 1. The van der Waals surface area contributed by atoms with Crippen LogP contribution in [0.1, 0.15) is 12.0 Å². The monoisotopic (exact) mass is 287 g/mol. The molecular weight excluding hydrogens is 270 g/mol. The van der Waals surface area contributed by atoms with Gasteiger partial charge in [-0.15, -0.1) is 0 Å². The highest BCUT2D eigenvalue weighted by molar-refractivity contribution is 5.95. The Hall–Kier alpha value is -2.14. The highest BCUT2D eigenvalue weighted by Crippen LogP contribution is 2.26. The van der Waals surface area contributed by atoms with E-state index in [0.717, 1.165) is 5.56 Å². The second-order valence-corrected chi connectivity index (χ2v) is 5.39. The summed E-state index contributed by atoms with van der Waals surface area (Å²) >= 11 is 0. The molecule has 3 rings (SSSR count). The van der Waals surface area contributed by atoms with Gasteiger partial charge in [-0.2, -0.15) is 0 Å². The van der Waals surface area contributed by atoms with Crippen molar-refractivity contribution in [2.45, 2.75) is 25.0 Å². The fourth-order valence-electron chi connectivity index (χ4n) is 2.83. The molecule has 0 radical (unpaired) electrons. The van der Waals surface area contributed by atoms with E-state index in [1.807, 2.05) is 30.3 Å². The van der Waals surface area contributed by atoms with Gasteiger partial charge in [-0.25, -0.2) is 9.69 Å². The number of benzene rings is 1. The number of carbonyl (C=O) groups is 2. The van der Waals surface area contributed by atoms with Gasteiger partial charge < -0.3 is 9.84 Å². The van der Waals surface area contributed by atoms with Crippen molar-refractivity contribution < 1.29 is 19.4 Å². The Kier molecular flexibility index (Phi) is 3.75. The molecule has 1 aliphatic carbocycles. The molecule has 1 aromatic carbocycles. The fraction of sp³-hybridized carbons (Fsp3) is 0.375. The Labute approximate surface area is 122 Å². The molecule has 0 bridgehead atoms. The minimum atomic E-state index is -0.816. The van der Waals surface area contributed by atoms with Gasteiger partial charge in [-0.3, -0.25) is 4.79 Å². The van der Waals surface area contributed by atoms with Crippen LogP contribution in [-0.2, 0) is 16.0 Å². The molecule has 1 heterocycles. The Morgan fingerprint density at radius 2 is 2.10 bits per heavy atom. The lowest BCUT2D eigenvalue weighted by atomic mass is 10.0. The summed E-state index contributed by atoms with van der Waals surface area (Å²) in [6, 6.07) is 9.37. The third-order valence-electron chi connectivity index (χ3n) is 3.97. The second kappa shape index (κ2) is 5.69. The lowest BCUT2D eigenvalue weighted by molar-refractivity contribution is -0.135. The molecule has 3 atom stereocenters. The average molecular weight is 287 g/mol. The molecular formula is C16H17NO4. The van der Waals surface area contributed by atoms with Gasteiger partial charge in [0, 0.05) is 0 Å². The van der Waals surface area contributed by atoms with Crippen molar-refractivity contribution in [3.63, 3.8) is 0 Å². The predicted octanol–water partition coefficient (Wildman–Crippen LogP) is 1.51. The van der Waals surface area contributed by atoms with Crippen LogP contribution in [0.4, 0.5) is 4.79 Å². The van der Waals surface area contributed by atoms with Crippen molar-refractivity contribution in [1.82, 2.24) is 4.90 Å². The van der Waals surface area contributed by atoms with Gasteiger partial charge in [-0.1, -0.05) is 42.5 Å². The third kappa shape index (κ3) is 2.69. The largest absolute Gasteiger partial charge is 0.447 e. The zero-order valence-corrected chi connectivity index (χ0v) is 11.5. The zero-order valence-electron chi connectivity index (χ0n) is 11.5. The van der Waals surface area contributed by atoms with Crippen LogP contribution in [0.2, 0.25) is 0 Å². The van der Waals surface area contributed by atoms with Crippen molar-refractivity contribution in [3.8, 4) is 0 Å². The van der Waals surface area contributed by atoms with Gasteiger partial charge in [0.05, 0.1) is 18.1 Å². The summed E-state index contributed by atoms with van der Waals surface area (Å²) in [5, 5.41) is 9.80. The molecule has 21 heavy (non-hydrogen) atoms. The minimum absolute atomic E-state index is 0.204.